The van der Waals surface area contributed by atoms with Crippen LogP contribution < -0.4 is 4.74 Å². The van der Waals surface area contributed by atoms with E-state index in [0.29, 0.717) is 5.02 Å². The van der Waals surface area contributed by atoms with Crippen LogP contribution >= 0.6 is 11.6 Å². The maximum atomic E-state index is 6.15. The summed E-state index contributed by atoms with van der Waals surface area (Å²) in [5.41, 5.74) is 4.11. The minimum Gasteiger partial charge on any atom is -0.496 e. The first-order valence-corrected chi connectivity index (χ1v) is 8.01. The highest BCUT2D eigenvalue weighted by Crippen LogP contribution is 2.38. The summed E-state index contributed by atoms with van der Waals surface area (Å²) in [5.74, 6) is 0.859. The van der Waals surface area contributed by atoms with Crippen LogP contribution in [0.25, 0.3) is 33.2 Å². The summed E-state index contributed by atoms with van der Waals surface area (Å²) in [6.07, 6.45) is 1.83. The normalized spacial score (nSPS) is 10.9. The third-order valence-corrected chi connectivity index (χ3v) is 4.38. The van der Waals surface area contributed by atoms with Crippen molar-refractivity contribution in [3.63, 3.8) is 0 Å². The van der Waals surface area contributed by atoms with Crippen LogP contribution in [0.2, 0.25) is 5.02 Å². The van der Waals surface area contributed by atoms with Crippen molar-refractivity contribution in [1.82, 2.24) is 10.2 Å². The summed E-state index contributed by atoms with van der Waals surface area (Å²) in [5, 5.41) is 10.3. The summed E-state index contributed by atoms with van der Waals surface area (Å²) < 4.78 is 5.49. The minimum absolute atomic E-state index is 0.708. The molecule has 0 aliphatic carbocycles. The van der Waals surface area contributed by atoms with E-state index in [-0.39, 0.29) is 0 Å². The fourth-order valence-electron chi connectivity index (χ4n) is 3.03. The van der Waals surface area contributed by atoms with Crippen LogP contribution in [0, 0.1) is 0 Å². The van der Waals surface area contributed by atoms with Gasteiger partial charge in [-0.05, 0) is 35.2 Å². The van der Waals surface area contributed by atoms with Gasteiger partial charge in [-0.2, -0.15) is 5.10 Å². The molecule has 0 radical (unpaired) electrons. The van der Waals surface area contributed by atoms with Crippen LogP contribution in [-0.4, -0.2) is 17.3 Å². The molecular formula is C20H15ClN2O. The Hall–Kier alpha value is -2.78. The average molecular weight is 335 g/mol. The zero-order valence-electron chi connectivity index (χ0n) is 13.1. The van der Waals surface area contributed by atoms with Gasteiger partial charge in [0.1, 0.15) is 5.75 Å². The lowest BCUT2D eigenvalue weighted by atomic mass is 9.97. The van der Waals surface area contributed by atoms with Gasteiger partial charge in [-0.15, -0.1) is 0 Å². The van der Waals surface area contributed by atoms with Gasteiger partial charge < -0.3 is 4.74 Å². The van der Waals surface area contributed by atoms with E-state index in [9.17, 15) is 0 Å². The number of benzene rings is 3. The average Bonchev–Trinajstić information content (AvgIpc) is 3.10. The fraction of sp³-hybridized carbons (Fsp3) is 0.0500. The highest BCUT2D eigenvalue weighted by atomic mass is 35.5. The molecule has 0 amide bonds. The zero-order chi connectivity index (χ0) is 16.5. The van der Waals surface area contributed by atoms with Gasteiger partial charge >= 0.3 is 0 Å². The topological polar surface area (TPSA) is 37.9 Å². The molecule has 0 spiro atoms. The molecule has 0 saturated heterocycles. The predicted molar refractivity (Wildman–Crippen MR) is 98.5 cm³/mol. The number of methoxy groups -OCH3 is 1. The molecule has 0 atom stereocenters. The highest BCUT2D eigenvalue weighted by Gasteiger charge is 2.14. The van der Waals surface area contributed by atoms with Crippen LogP contribution in [-0.2, 0) is 0 Å². The van der Waals surface area contributed by atoms with Crippen LogP contribution in [0.15, 0.2) is 66.9 Å². The van der Waals surface area contributed by atoms with Gasteiger partial charge in [0.2, 0.25) is 0 Å². The Morgan fingerprint density at radius 1 is 0.917 bits per heavy atom. The molecule has 24 heavy (non-hydrogen) atoms. The standard InChI is InChI=1S/C20H15ClN2O/c1-24-19-10-9-17(15-7-2-3-8-16(15)19)20-18(12-22-23-20)13-5-4-6-14(21)11-13/h2-12H,1H3,(H,22,23). The quantitative estimate of drug-likeness (QED) is 0.532. The molecule has 4 heteroatoms. The first-order valence-electron chi connectivity index (χ1n) is 7.63. The largest absolute Gasteiger partial charge is 0.496 e. The van der Waals surface area contributed by atoms with E-state index in [0.717, 1.165) is 38.9 Å². The number of nitrogens with zero attached hydrogens (tertiary/aromatic N) is 1. The molecule has 0 unspecified atom stereocenters. The number of halogens is 1. The van der Waals surface area contributed by atoms with E-state index in [1.807, 2.05) is 48.7 Å². The van der Waals surface area contributed by atoms with Crippen molar-refractivity contribution in [3.05, 3.63) is 71.9 Å². The van der Waals surface area contributed by atoms with Gasteiger partial charge in [-0.1, -0.05) is 48.0 Å². The predicted octanol–water partition coefficient (Wildman–Crippen LogP) is 5.56. The fourth-order valence-corrected chi connectivity index (χ4v) is 3.22. The maximum absolute atomic E-state index is 6.15. The van der Waals surface area contributed by atoms with Crippen LogP contribution in [0.1, 0.15) is 0 Å². The summed E-state index contributed by atoms with van der Waals surface area (Å²) in [7, 11) is 1.69. The van der Waals surface area contributed by atoms with Gasteiger partial charge in [0, 0.05) is 21.5 Å². The SMILES string of the molecule is COc1ccc(-c2[nH]ncc2-c2cccc(Cl)c2)c2ccccc12. The Morgan fingerprint density at radius 3 is 2.54 bits per heavy atom. The summed E-state index contributed by atoms with van der Waals surface area (Å²) in [4.78, 5) is 0. The van der Waals surface area contributed by atoms with Crippen molar-refractivity contribution < 1.29 is 4.74 Å². The Balaban J connectivity index is 1.96. The maximum Gasteiger partial charge on any atom is 0.126 e. The summed E-state index contributed by atoms with van der Waals surface area (Å²) in [6, 6.07) is 20.0. The molecule has 4 aromatic rings. The van der Waals surface area contributed by atoms with E-state index in [2.05, 4.69) is 28.4 Å². The number of ether oxygens (including phenoxy) is 1. The number of hydrogen-bond acceptors (Lipinski definition) is 2. The number of nitrogens with one attached hydrogen (secondary N) is 1. The lowest BCUT2D eigenvalue weighted by molar-refractivity contribution is 0.420. The van der Waals surface area contributed by atoms with Crippen LogP contribution in [0.4, 0.5) is 0 Å². The van der Waals surface area contributed by atoms with Crippen molar-refractivity contribution >= 4 is 22.4 Å². The van der Waals surface area contributed by atoms with Crippen molar-refractivity contribution in [2.45, 2.75) is 0 Å². The van der Waals surface area contributed by atoms with E-state index < -0.39 is 0 Å². The molecular weight excluding hydrogens is 320 g/mol. The Kier molecular flexibility index (Phi) is 3.71. The Morgan fingerprint density at radius 2 is 1.75 bits per heavy atom. The van der Waals surface area contributed by atoms with Gasteiger partial charge in [-0.25, -0.2) is 0 Å². The molecule has 0 bridgehead atoms. The van der Waals surface area contributed by atoms with Crippen LogP contribution in [0.3, 0.4) is 0 Å². The second kappa shape index (κ2) is 6.02. The molecule has 1 aromatic heterocycles. The van der Waals surface area contributed by atoms with Gasteiger partial charge in [0.15, 0.2) is 0 Å². The van der Waals surface area contributed by atoms with Gasteiger partial charge in [-0.3, -0.25) is 5.10 Å². The number of aromatic nitrogens is 2. The number of hydrogen-bond donors (Lipinski definition) is 1. The molecule has 3 aromatic carbocycles. The number of H-pyrrole nitrogens is 1. The van der Waals surface area contributed by atoms with Crippen molar-refractivity contribution in [2.75, 3.05) is 7.11 Å². The third-order valence-electron chi connectivity index (χ3n) is 4.15. The summed E-state index contributed by atoms with van der Waals surface area (Å²) >= 11 is 6.15. The second-order valence-corrected chi connectivity index (χ2v) is 5.97. The zero-order valence-corrected chi connectivity index (χ0v) is 13.8. The van der Waals surface area contributed by atoms with E-state index in [1.165, 1.54) is 0 Å². The van der Waals surface area contributed by atoms with Crippen molar-refractivity contribution in [3.8, 4) is 28.1 Å². The van der Waals surface area contributed by atoms with Gasteiger partial charge in [0.25, 0.3) is 0 Å². The van der Waals surface area contributed by atoms with E-state index >= 15 is 0 Å². The van der Waals surface area contributed by atoms with Gasteiger partial charge in [0.05, 0.1) is 19.0 Å². The molecule has 0 fully saturated rings. The third kappa shape index (κ3) is 2.43. The van der Waals surface area contributed by atoms with E-state index in [1.54, 1.807) is 7.11 Å². The molecule has 3 nitrogen and oxygen atoms in total. The number of rotatable bonds is 3. The lowest BCUT2D eigenvalue weighted by Gasteiger charge is -2.11. The number of aromatic amines is 1. The molecule has 4 rings (SSSR count). The smallest absolute Gasteiger partial charge is 0.126 e. The minimum atomic E-state index is 0.708. The lowest BCUT2D eigenvalue weighted by Crippen LogP contribution is -1.89. The van der Waals surface area contributed by atoms with Crippen LogP contribution in [0.5, 0.6) is 5.75 Å². The number of fused-ring (bicyclic) bond motifs is 1. The molecule has 1 heterocycles. The second-order valence-electron chi connectivity index (χ2n) is 5.53. The Labute approximate surface area is 144 Å². The molecule has 0 saturated carbocycles. The van der Waals surface area contributed by atoms with Crippen molar-refractivity contribution in [1.29, 1.82) is 0 Å². The first-order chi connectivity index (χ1) is 11.8. The first kappa shape index (κ1) is 14.8. The van der Waals surface area contributed by atoms with Crippen molar-refractivity contribution in [2.24, 2.45) is 0 Å². The monoisotopic (exact) mass is 334 g/mol. The summed E-state index contributed by atoms with van der Waals surface area (Å²) in [6.45, 7) is 0. The highest BCUT2D eigenvalue weighted by molar-refractivity contribution is 6.30. The molecule has 0 aliphatic rings. The molecule has 0 aliphatic heterocycles. The Bertz CT molecular complexity index is 1020. The molecule has 118 valence electrons. The molecule has 1 N–H and O–H groups in total. The van der Waals surface area contributed by atoms with E-state index in [4.69, 9.17) is 16.3 Å².